The number of halogens is 1. The van der Waals surface area contributed by atoms with Gasteiger partial charge in [-0.3, -0.25) is 4.79 Å². The van der Waals surface area contributed by atoms with Gasteiger partial charge in [0.2, 0.25) is 15.9 Å². The molecule has 0 aromatic carbocycles. The predicted molar refractivity (Wildman–Crippen MR) is 90.1 cm³/mol. The fourth-order valence-electron chi connectivity index (χ4n) is 1.68. The number of thiophene rings is 2. The Labute approximate surface area is 142 Å². The molecule has 0 saturated carbocycles. The van der Waals surface area contributed by atoms with Gasteiger partial charge >= 0.3 is 0 Å². The highest BCUT2D eigenvalue weighted by Gasteiger charge is 2.16. The molecule has 120 valence electrons. The molecular formula is C13H15ClN2O3S3. The summed E-state index contributed by atoms with van der Waals surface area (Å²) in [5.74, 6) is -0.148. The van der Waals surface area contributed by atoms with E-state index in [0.717, 1.165) is 21.1 Å². The van der Waals surface area contributed by atoms with E-state index in [4.69, 9.17) is 11.6 Å². The van der Waals surface area contributed by atoms with Crippen LogP contribution in [-0.2, 0) is 27.8 Å². The van der Waals surface area contributed by atoms with E-state index in [0.29, 0.717) is 23.8 Å². The van der Waals surface area contributed by atoms with Gasteiger partial charge in [0.25, 0.3) is 0 Å². The average molecular weight is 379 g/mol. The van der Waals surface area contributed by atoms with Crippen LogP contribution in [0.4, 0.5) is 0 Å². The summed E-state index contributed by atoms with van der Waals surface area (Å²) in [6.45, 7) is 2.07. The third kappa shape index (κ3) is 5.06. The third-order valence-corrected chi connectivity index (χ3v) is 7.03. The topological polar surface area (TPSA) is 75.3 Å². The Morgan fingerprint density at radius 2 is 1.91 bits per heavy atom. The molecule has 0 unspecified atom stereocenters. The van der Waals surface area contributed by atoms with Crippen LogP contribution in [0.5, 0.6) is 0 Å². The number of carbonyl (C=O) groups is 1. The minimum atomic E-state index is -3.51. The van der Waals surface area contributed by atoms with Crippen LogP contribution in [0.25, 0.3) is 0 Å². The smallest absolute Gasteiger partial charge is 0.250 e. The van der Waals surface area contributed by atoms with Crippen LogP contribution in [0.3, 0.4) is 0 Å². The van der Waals surface area contributed by atoms with Gasteiger partial charge in [-0.1, -0.05) is 11.6 Å². The summed E-state index contributed by atoms with van der Waals surface area (Å²) in [7, 11) is -3.51. The van der Waals surface area contributed by atoms with Crippen molar-refractivity contribution < 1.29 is 13.2 Å². The van der Waals surface area contributed by atoms with Crippen molar-refractivity contribution in [2.45, 2.75) is 24.1 Å². The van der Waals surface area contributed by atoms with Crippen LogP contribution in [0.2, 0.25) is 4.34 Å². The zero-order valence-corrected chi connectivity index (χ0v) is 15.0. The van der Waals surface area contributed by atoms with Crippen molar-refractivity contribution in [3.63, 3.8) is 0 Å². The minimum absolute atomic E-state index is 0.148. The summed E-state index contributed by atoms with van der Waals surface area (Å²) >= 11 is 8.42. The van der Waals surface area contributed by atoms with Crippen molar-refractivity contribution in [3.05, 3.63) is 38.4 Å². The van der Waals surface area contributed by atoms with E-state index < -0.39 is 10.0 Å². The number of hydrogen-bond donors (Lipinski definition) is 2. The van der Waals surface area contributed by atoms with Gasteiger partial charge in [-0.25, -0.2) is 13.1 Å². The van der Waals surface area contributed by atoms with Crippen molar-refractivity contribution in [2.24, 2.45) is 0 Å². The summed E-state index contributed by atoms with van der Waals surface area (Å²) in [5, 5.41) is 2.64. The van der Waals surface area contributed by atoms with E-state index in [1.165, 1.54) is 18.3 Å². The van der Waals surface area contributed by atoms with Gasteiger partial charge in [-0.05, 0) is 30.7 Å². The second-order valence-electron chi connectivity index (χ2n) is 4.48. The predicted octanol–water partition coefficient (Wildman–Crippen LogP) is 2.62. The molecule has 0 aliphatic rings. The highest BCUT2D eigenvalue weighted by atomic mass is 35.5. The maximum absolute atomic E-state index is 12.2. The SMILES string of the molecule is CC(=O)NCc1ccc(S(=O)(=O)NCCc2ccc(Cl)s2)s1. The summed E-state index contributed by atoms with van der Waals surface area (Å²) in [4.78, 5) is 12.7. The first kappa shape index (κ1) is 17.4. The molecule has 2 rings (SSSR count). The summed E-state index contributed by atoms with van der Waals surface area (Å²) in [6.07, 6.45) is 0.598. The van der Waals surface area contributed by atoms with Crippen molar-refractivity contribution in [1.29, 1.82) is 0 Å². The summed E-state index contributed by atoms with van der Waals surface area (Å²) < 4.78 is 27.8. The Hall–Kier alpha value is -0.930. The zero-order valence-electron chi connectivity index (χ0n) is 11.8. The van der Waals surface area contributed by atoms with Crippen LogP contribution in [0.1, 0.15) is 16.7 Å². The molecule has 0 atom stereocenters. The first-order valence-electron chi connectivity index (χ1n) is 6.44. The van der Waals surface area contributed by atoms with Gasteiger partial charge in [-0.2, -0.15) is 0 Å². The van der Waals surface area contributed by atoms with Crippen LogP contribution in [0, 0.1) is 0 Å². The first-order valence-corrected chi connectivity index (χ1v) is 9.93. The monoisotopic (exact) mass is 378 g/mol. The molecule has 1 amide bonds. The molecule has 0 saturated heterocycles. The Balaban J connectivity index is 1.90. The molecule has 2 aromatic heterocycles. The van der Waals surface area contributed by atoms with Crippen molar-refractivity contribution in [3.8, 4) is 0 Å². The number of hydrogen-bond acceptors (Lipinski definition) is 5. The standard InChI is InChI=1S/C13H15ClN2O3S3/c1-9(17)15-8-11-3-5-13(21-11)22(18,19)16-7-6-10-2-4-12(14)20-10/h2-5,16H,6-8H2,1H3,(H,15,17). The third-order valence-electron chi connectivity index (χ3n) is 2.71. The normalized spacial score (nSPS) is 11.5. The maximum atomic E-state index is 12.2. The van der Waals surface area contributed by atoms with E-state index in [1.54, 1.807) is 18.2 Å². The van der Waals surface area contributed by atoms with Gasteiger partial charge in [0.1, 0.15) is 4.21 Å². The average Bonchev–Trinajstić information content (AvgIpc) is 3.06. The Kier molecular flexibility index (Phi) is 5.99. The molecule has 2 aromatic rings. The van der Waals surface area contributed by atoms with E-state index >= 15 is 0 Å². The van der Waals surface area contributed by atoms with Gasteiger partial charge in [0.05, 0.1) is 10.9 Å². The van der Waals surface area contributed by atoms with Gasteiger partial charge in [0.15, 0.2) is 0 Å². The number of amides is 1. The number of carbonyl (C=O) groups excluding carboxylic acids is 1. The molecule has 5 nitrogen and oxygen atoms in total. The second kappa shape index (κ2) is 7.56. The second-order valence-corrected chi connectivity index (χ2v) is 9.45. The molecule has 0 fully saturated rings. The van der Waals surface area contributed by atoms with Crippen molar-refractivity contribution in [2.75, 3.05) is 6.54 Å². The largest absolute Gasteiger partial charge is 0.351 e. The van der Waals surface area contributed by atoms with Gasteiger partial charge in [-0.15, -0.1) is 22.7 Å². The molecule has 9 heteroatoms. The molecule has 0 aliphatic heterocycles. The summed E-state index contributed by atoms with van der Waals surface area (Å²) in [6, 6.07) is 6.93. The zero-order chi connectivity index (χ0) is 16.2. The van der Waals surface area contributed by atoms with Gasteiger partial charge in [0, 0.05) is 23.2 Å². The number of rotatable bonds is 7. The lowest BCUT2D eigenvalue weighted by atomic mass is 10.3. The Morgan fingerprint density at radius 3 is 2.55 bits per heavy atom. The highest BCUT2D eigenvalue weighted by molar-refractivity contribution is 7.91. The van der Waals surface area contributed by atoms with E-state index in [1.807, 2.05) is 6.07 Å². The van der Waals surface area contributed by atoms with E-state index in [2.05, 4.69) is 10.0 Å². The number of sulfonamides is 1. The molecule has 0 radical (unpaired) electrons. The molecule has 0 bridgehead atoms. The fourth-order valence-corrected chi connectivity index (χ4v) is 5.13. The molecule has 2 heterocycles. The first-order chi connectivity index (χ1) is 10.4. The Bertz CT molecular complexity index is 752. The van der Waals surface area contributed by atoms with Crippen LogP contribution in [0.15, 0.2) is 28.5 Å². The molecule has 2 N–H and O–H groups in total. The Morgan fingerprint density at radius 1 is 1.18 bits per heavy atom. The van der Waals surface area contributed by atoms with E-state index in [9.17, 15) is 13.2 Å². The van der Waals surface area contributed by atoms with Crippen molar-refractivity contribution in [1.82, 2.24) is 10.0 Å². The van der Waals surface area contributed by atoms with Crippen LogP contribution >= 0.6 is 34.3 Å². The minimum Gasteiger partial charge on any atom is -0.351 e. The molecule has 0 spiro atoms. The van der Waals surface area contributed by atoms with Crippen LogP contribution < -0.4 is 10.0 Å². The molecular weight excluding hydrogens is 364 g/mol. The van der Waals surface area contributed by atoms with Gasteiger partial charge < -0.3 is 5.32 Å². The molecule has 22 heavy (non-hydrogen) atoms. The highest BCUT2D eigenvalue weighted by Crippen LogP contribution is 2.23. The van der Waals surface area contributed by atoms with Crippen molar-refractivity contribution >= 4 is 50.2 Å². The maximum Gasteiger partial charge on any atom is 0.250 e. The fraction of sp³-hybridized carbons (Fsp3) is 0.308. The lowest BCUT2D eigenvalue weighted by molar-refractivity contribution is -0.119. The quantitative estimate of drug-likeness (QED) is 0.777. The number of nitrogens with one attached hydrogen (secondary N) is 2. The van der Waals surface area contributed by atoms with E-state index in [-0.39, 0.29) is 10.1 Å². The summed E-state index contributed by atoms with van der Waals surface area (Å²) in [5.41, 5.74) is 0. The van der Waals surface area contributed by atoms with Crippen LogP contribution in [-0.4, -0.2) is 20.9 Å². The lowest BCUT2D eigenvalue weighted by Crippen LogP contribution is -2.25. The lowest BCUT2D eigenvalue weighted by Gasteiger charge is -2.03. The molecule has 0 aliphatic carbocycles.